The highest BCUT2D eigenvalue weighted by Crippen LogP contribution is 2.45. The monoisotopic (exact) mass is 1480 g/mol. The van der Waals surface area contributed by atoms with Gasteiger partial charge in [0, 0.05) is 25.7 Å². The zero-order valence-corrected chi connectivity index (χ0v) is 67.3. The van der Waals surface area contributed by atoms with E-state index in [1.807, 2.05) is 0 Å². The molecule has 101 heavy (non-hydrogen) atoms. The van der Waals surface area contributed by atoms with E-state index in [0.717, 1.165) is 115 Å². The Balaban J connectivity index is 5.23. The van der Waals surface area contributed by atoms with Gasteiger partial charge in [-0.3, -0.25) is 37.3 Å². The van der Waals surface area contributed by atoms with Crippen molar-refractivity contribution < 1.29 is 80.2 Å². The number of ether oxygens (including phenoxy) is 4. The normalized spacial score (nSPS) is 14.0. The van der Waals surface area contributed by atoms with E-state index in [1.54, 1.807) is 0 Å². The molecule has 0 saturated carbocycles. The number of unbranched alkanes of at least 4 members (excludes halogenated alkanes) is 49. The van der Waals surface area contributed by atoms with Crippen molar-refractivity contribution in [2.75, 3.05) is 39.6 Å². The van der Waals surface area contributed by atoms with Crippen molar-refractivity contribution in [1.29, 1.82) is 0 Å². The topological polar surface area (TPSA) is 237 Å². The molecule has 0 rings (SSSR count). The first-order chi connectivity index (χ1) is 49.0. The van der Waals surface area contributed by atoms with E-state index >= 15 is 0 Å². The van der Waals surface area contributed by atoms with Gasteiger partial charge in [-0.2, -0.15) is 0 Å². The summed E-state index contributed by atoms with van der Waals surface area (Å²) in [5, 5.41) is 10.6. The van der Waals surface area contributed by atoms with Crippen molar-refractivity contribution in [2.24, 2.45) is 5.92 Å². The zero-order chi connectivity index (χ0) is 74.1. The van der Waals surface area contributed by atoms with Crippen LogP contribution in [0.25, 0.3) is 0 Å². The van der Waals surface area contributed by atoms with Crippen LogP contribution in [0.5, 0.6) is 0 Å². The van der Waals surface area contributed by atoms with Gasteiger partial charge in [-0.05, 0) is 57.3 Å². The molecule has 19 heteroatoms. The van der Waals surface area contributed by atoms with E-state index in [-0.39, 0.29) is 25.7 Å². The van der Waals surface area contributed by atoms with Crippen LogP contribution in [-0.2, 0) is 65.4 Å². The SMILES string of the molecule is CCCCCC/C=C\C=C/CCCCCCCC(=O)O[C@H](COC(=O)CCCCCCCCCC)COP(=O)(O)OC[C@H](O)COP(=O)(O)OC[C@@H](COC(=O)CCCCCCCCCCCCCCCCCC(C)C)OC(=O)CCCCCCCCCCCCCCCCCCCCCC. The summed E-state index contributed by atoms with van der Waals surface area (Å²) in [7, 11) is -9.93. The van der Waals surface area contributed by atoms with Crippen molar-refractivity contribution in [2.45, 2.75) is 432 Å². The molecular weight excluding hydrogens is 1320 g/mol. The molecule has 0 aromatic carbocycles. The van der Waals surface area contributed by atoms with Crippen molar-refractivity contribution >= 4 is 39.5 Å². The zero-order valence-electron chi connectivity index (χ0n) is 65.5. The average molecular weight is 1480 g/mol. The van der Waals surface area contributed by atoms with Crippen LogP contribution < -0.4 is 0 Å². The molecule has 0 aromatic rings. The lowest BCUT2D eigenvalue weighted by molar-refractivity contribution is -0.161. The summed E-state index contributed by atoms with van der Waals surface area (Å²) in [5.74, 6) is -1.33. The third-order valence-corrected chi connectivity index (χ3v) is 20.6. The first-order valence-corrected chi connectivity index (χ1v) is 44.9. The third kappa shape index (κ3) is 75.6. The summed E-state index contributed by atoms with van der Waals surface area (Å²) in [6.07, 6.45) is 68.9. The van der Waals surface area contributed by atoms with E-state index < -0.39 is 97.5 Å². The Morgan fingerprint density at radius 1 is 0.307 bits per heavy atom. The van der Waals surface area contributed by atoms with Crippen LogP contribution in [0.2, 0.25) is 0 Å². The fraction of sp³-hybridized carbons (Fsp3) is 0.902. The Kier molecular flexibility index (Phi) is 72.6. The fourth-order valence-corrected chi connectivity index (χ4v) is 13.8. The number of esters is 4. The number of hydrogen-bond donors (Lipinski definition) is 3. The van der Waals surface area contributed by atoms with Crippen LogP contribution in [0, 0.1) is 5.92 Å². The number of aliphatic hydroxyl groups excluding tert-OH is 1. The minimum absolute atomic E-state index is 0.0852. The molecule has 596 valence electrons. The average Bonchev–Trinajstić information content (AvgIpc) is 0.961. The minimum atomic E-state index is -4.97. The molecule has 5 atom stereocenters. The third-order valence-electron chi connectivity index (χ3n) is 18.7. The molecule has 0 aliphatic heterocycles. The summed E-state index contributed by atoms with van der Waals surface area (Å²) in [5.41, 5.74) is 0. The Bertz CT molecular complexity index is 2020. The lowest BCUT2D eigenvalue weighted by Crippen LogP contribution is -2.30. The molecule has 0 heterocycles. The molecule has 0 radical (unpaired) electrons. The van der Waals surface area contributed by atoms with Crippen molar-refractivity contribution in [1.82, 2.24) is 0 Å². The summed E-state index contributed by atoms with van der Waals surface area (Å²) < 4.78 is 68.6. The van der Waals surface area contributed by atoms with E-state index in [9.17, 15) is 43.2 Å². The summed E-state index contributed by atoms with van der Waals surface area (Å²) in [6, 6.07) is 0. The van der Waals surface area contributed by atoms with Crippen LogP contribution >= 0.6 is 15.6 Å². The smallest absolute Gasteiger partial charge is 0.462 e. The Morgan fingerprint density at radius 2 is 0.535 bits per heavy atom. The van der Waals surface area contributed by atoms with E-state index in [2.05, 4.69) is 58.9 Å². The molecule has 0 aromatic heterocycles. The van der Waals surface area contributed by atoms with Gasteiger partial charge in [0.1, 0.15) is 19.3 Å². The van der Waals surface area contributed by atoms with Crippen LogP contribution in [0.3, 0.4) is 0 Å². The summed E-state index contributed by atoms with van der Waals surface area (Å²) >= 11 is 0. The molecule has 0 fully saturated rings. The van der Waals surface area contributed by atoms with E-state index in [4.69, 9.17) is 37.0 Å². The van der Waals surface area contributed by atoms with E-state index in [1.165, 1.54) is 218 Å². The van der Waals surface area contributed by atoms with Crippen molar-refractivity contribution in [3.63, 3.8) is 0 Å². The second-order valence-electron chi connectivity index (χ2n) is 29.3. The number of carbonyl (C=O) groups is 4. The molecule has 0 spiro atoms. The molecule has 2 unspecified atom stereocenters. The predicted octanol–water partition coefficient (Wildman–Crippen LogP) is 24.4. The van der Waals surface area contributed by atoms with E-state index in [0.29, 0.717) is 25.7 Å². The van der Waals surface area contributed by atoms with Crippen molar-refractivity contribution in [3.8, 4) is 0 Å². The number of carbonyl (C=O) groups excluding carboxylic acids is 4. The maximum atomic E-state index is 13.1. The molecular formula is C82H156O17P2. The van der Waals surface area contributed by atoms with Gasteiger partial charge in [-0.1, -0.05) is 361 Å². The number of phosphoric ester groups is 2. The molecule has 0 saturated heterocycles. The van der Waals surface area contributed by atoms with Crippen molar-refractivity contribution in [3.05, 3.63) is 24.3 Å². The predicted molar refractivity (Wildman–Crippen MR) is 414 cm³/mol. The Hall–Kier alpha value is -2.46. The lowest BCUT2D eigenvalue weighted by atomic mass is 10.0. The van der Waals surface area contributed by atoms with Gasteiger partial charge in [-0.25, -0.2) is 9.13 Å². The summed E-state index contributed by atoms with van der Waals surface area (Å²) in [4.78, 5) is 72.9. The quantitative estimate of drug-likeness (QED) is 0.0169. The first kappa shape index (κ1) is 98.5. The minimum Gasteiger partial charge on any atom is -0.462 e. The molecule has 0 amide bonds. The number of allylic oxidation sites excluding steroid dienone is 4. The fourth-order valence-electron chi connectivity index (χ4n) is 12.2. The first-order valence-electron chi connectivity index (χ1n) is 42.0. The summed E-state index contributed by atoms with van der Waals surface area (Å²) in [6.45, 7) is 7.27. The van der Waals surface area contributed by atoms with Gasteiger partial charge in [0.25, 0.3) is 0 Å². The maximum absolute atomic E-state index is 13.1. The van der Waals surface area contributed by atoms with Gasteiger partial charge in [0.05, 0.1) is 26.4 Å². The van der Waals surface area contributed by atoms with Gasteiger partial charge < -0.3 is 33.8 Å². The number of hydrogen-bond acceptors (Lipinski definition) is 15. The van der Waals surface area contributed by atoms with Gasteiger partial charge >= 0.3 is 39.5 Å². The molecule has 0 bridgehead atoms. The maximum Gasteiger partial charge on any atom is 0.472 e. The highest BCUT2D eigenvalue weighted by Gasteiger charge is 2.30. The van der Waals surface area contributed by atoms with Crippen LogP contribution in [0.15, 0.2) is 24.3 Å². The standard InChI is InChI=1S/C82H156O17P2/c1-6-9-12-15-18-21-23-25-27-28-29-30-31-35-40-44-48-53-58-63-68-82(87)99-78(72-93-80(85)66-61-56-51-46-42-38-36-32-34-37-41-45-49-54-59-64-75(4)5)74-97-101(90,91)95-70-76(83)69-94-100(88,89)96-73-77(71-92-79(84)65-60-55-50-20-17-14-11-8-3)98-81(86)67-62-57-52-47-43-39-33-26-24-22-19-16-13-10-7-2/h22,24,26,33,75-78,83H,6-21,23,25,27-32,34-74H2,1-5H3,(H,88,89)(H,90,91)/b24-22-,33-26-/t76-,77+,78+/m0/s1. The number of rotatable bonds is 80. The highest BCUT2D eigenvalue weighted by molar-refractivity contribution is 7.47. The number of phosphoric acid groups is 2. The highest BCUT2D eigenvalue weighted by atomic mass is 31.2. The lowest BCUT2D eigenvalue weighted by Gasteiger charge is -2.21. The second-order valence-corrected chi connectivity index (χ2v) is 32.2. The van der Waals surface area contributed by atoms with Gasteiger partial charge in [0.15, 0.2) is 12.2 Å². The Morgan fingerprint density at radius 3 is 0.812 bits per heavy atom. The largest absolute Gasteiger partial charge is 0.472 e. The van der Waals surface area contributed by atoms with Gasteiger partial charge in [-0.15, -0.1) is 0 Å². The molecule has 0 aliphatic rings. The van der Waals surface area contributed by atoms with Gasteiger partial charge in [0.2, 0.25) is 0 Å². The van der Waals surface area contributed by atoms with Crippen LogP contribution in [0.1, 0.15) is 413 Å². The number of aliphatic hydroxyl groups is 1. The molecule has 17 nitrogen and oxygen atoms in total. The van der Waals surface area contributed by atoms with Crippen LogP contribution in [-0.4, -0.2) is 96.7 Å². The molecule has 3 N–H and O–H groups in total. The second kappa shape index (κ2) is 74.4. The molecule has 0 aliphatic carbocycles. The Labute approximate surface area is 618 Å². The van der Waals surface area contributed by atoms with Crippen LogP contribution in [0.4, 0.5) is 0 Å².